The van der Waals surface area contributed by atoms with Crippen LogP contribution in [0, 0.1) is 33.5 Å². The van der Waals surface area contributed by atoms with Crippen LogP contribution in [0.3, 0.4) is 0 Å². The molecule has 1 aromatic carbocycles. The topological polar surface area (TPSA) is 481 Å². The Morgan fingerprint density at radius 1 is 0.551 bits per heavy atom. The molecule has 0 saturated heterocycles. The third kappa shape index (κ3) is 30.9. The molecule has 28 nitrogen and oxygen atoms in total. The van der Waals surface area contributed by atoms with Crippen molar-refractivity contribution in [1.82, 2.24) is 42.5 Å². The number of aliphatic imine (C=N–C) groups is 1. The number of carbonyl (C=O) groups excluding carboxylic acids is 10. The summed E-state index contributed by atoms with van der Waals surface area (Å²) in [5.41, 5.74) is 5.13. The summed E-state index contributed by atoms with van der Waals surface area (Å²) < 4.78 is 0. The van der Waals surface area contributed by atoms with Crippen molar-refractivity contribution in [3.8, 4) is 0 Å². The second-order valence-electron chi connectivity index (χ2n) is 25.5. The van der Waals surface area contributed by atoms with Gasteiger partial charge in [-0.05, 0) is 90.0 Å². The van der Waals surface area contributed by atoms with Gasteiger partial charge >= 0.3 is 21.1 Å². The normalized spacial score (nSPS) is 18.6. The molecule has 2 rings (SSSR count). The molecule has 0 spiro atoms. The first-order valence-electron chi connectivity index (χ1n) is 29.9. The largest absolute Gasteiger partial charge is 2.00 e. The third-order valence-electron chi connectivity index (χ3n) is 14.8. The van der Waals surface area contributed by atoms with Crippen molar-refractivity contribution < 1.29 is 105 Å². The predicted molar refractivity (Wildman–Crippen MR) is 320 cm³/mol. The minimum absolute atomic E-state index is 0. The van der Waals surface area contributed by atoms with Gasteiger partial charge in [0, 0.05) is 78.8 Å². The Hall–Kier alpha value is -6.16. The van der Waals surface area contributed by atoms with Crippen LogP contribution in [0.5, 0.6) is 0 Å². The Balaban J connectivity index is 0.00000791. The van der Waals surface area contributed by atoms with E-state index in [0.29, 0.717) is 5.56 Å². The van der Waals surface area contributed by atoms with Crippen LogP contribution in [-0.4, -0.2) is 179 Å². The van der Waals surface area contributed by atoms with Crippen LogP contribution in [0.25, 0.3) is 0 Å². The molecule has 16 N–H and O–H groups in total. The third-order valence-corrected chi connectivity index (χ3v) is 14.8. The number of aliphatic hydroxyl groups is 4. The number of carbonyl (C=O) groups is 10. The summed E-state index contributed by atoms with van der Waals surface area (Å²) >= 11 is 0. The van der Waals surface area contributed by atoms with Crippen molar-refractivity contribution in [1.29, 1.82) is 0 Å². The number of carboxylic acids is 2. The summed E-state index contributed by atoms with van der Waals surface area (Å²) in [6.07, 6.45) is -0.756. The van der Waals surface area contributed by atoms with Crippen molar-refractivity contribution in [3.63, 3.8) is 0 Å². The van der Waals surface area contributed by atoms with Gasteiger partial charge in [0.15, 0.2) is 0 Å². The zero-order chi connectivity index (χ0) is 67.5. The average molecular weight is 1440 g/mol. The number of aliphatic hydroxyl groups excluding tert-OH is 4. The van der Waals surface area contributed by atoms with Gasteiger partial charge in [-0.1, -0.05) is 98.6 Å². The number of hydrogen-bond acceptors (Lipinski definition) is 20. The minimum Gasteiger partial charge on any atom is -0.861 e. The van der Waals surface area contributed by atoms with Gasteiger partial charge in [-0.15, -0.1) is 0 Å². The van der Waals surface area contributed by atoms with E-state index in [4.69, 9.17) is 11.5 Å². The molecule has 29 heteroatoms. The number of aliphatic carboxylic acids is 2. The molecule has 12 atom stereocenters. The first kappa shape index (κ1) is 82.8. The van der Waals surface area contributed by atoms with Gasteiger partial charge in [-0.2, -0.15) is 0 Å². The smallest absolute Gasteiger partial charge is 0.861 e. The van der Waals surface area contributed by atoms with Gasteiger partial charge in [-0.25, -0.2) is 0 Å². The second kappa shape index (κ2) is 39.2. The molecule has 10 unspecified atom stereocenters. The molecule has 0 aliphatic heterocycles. The zero-order valence-corrected chi connectivity index (χ0v) is 55.8. The van der Waals surface area contributed by atoms with Crippen LogP contribution in [0.2, 0.25) is 0 Å². The van der Waals surface area contributed by atoms with Crippen LogP contribution in [0.1, 0.15) is 146 Å². The van der Waals surface area contributed by atoms with Crippen molar-refractivity contribution in [2.75, 3.05) is 39.3 Å². The van der Waals surface area contributed by atoms with Crippen molar-refractivity contribution in [2.24, 2.45) is 50.0 Å². The average Bonchev–Trinajstić information content (AvgIpc) is 2.08. The Morgan fingerprint density at radius 2 is 0.989 bits per heavy atom. The predicted octanol–water partition coefficient (Wildman–Crippen LogP) is -4.45. The summed E-state index contributed by atoms with van der Waals surface area (Å²) in [5.74, 6) is -13.3. The van der Waals surface area contributed by atoms with Crippen molar-refractivity contribution in [3.05, 3.63) is 35.9 Å². The number of rotatable bonds is 36. The molecule has 8 amide bonds. The summed E-state index contributed by atoms with van der Waals surface area (Å²) in [7, 11) is 0. The maximum atomic E-state index is 15.2. The van der Waals surface area contributed by atoms with Gasteiger partial charge in [0.05, 0.1) is 42.9 Å². The molecule has 1 aliphatic rings. The fraction of sp³-hybridized carbons (Fsp3) is 0.717. The second-order valence-corrected chi connectivity index (χ2v) is 25.5. The number of nitrogens with zero attached hydrogens (tertiary/aromatic N) is 1. The standard InChI is InChI=1S/C54H89N9O17.C6H14N2.Pt/c1-30(2)18-37(43(71)56-25-40(69)63-41(45(73)74)46(75)76)62-44(72)38(19-36-16-14-13-15-17-36)61-39(68)26-60-50(80)54(12,28-52(10,48(78)58-23-34(6)66)20-31(3)42(70)55-21-32(4)64)29-53(11,49(79)59-24-35(7)67)27-51(8,9)47(77)57-22-33(5)65;7-5-3-1-2-4-6(5)8;/h13-17,30-35,37-38,41,64-67H,18-29H2,1-12H3,(H,55,70)(H,56,71)(H,57,77)(H,58,78)(H,59,79)(H,60,80)(H,61,68)(H,62,72)(H,63,69)(H,73,74)(H,75,76);5-6H,1-4,7-8H2;/q;;+2/p-3/t31?,32?,33?,34?,35?,37-,38-,52?,53?,54?;;/m0../s1. The summed E-state index contributed by atoms with van der Waals surface area (Å²) in [4.78, 5) is 138. The first-order valence-corrected chi connectivity index (χ1v) is 29.9. The fourth-order valence-electron chi connectivity index (χ4n) is 10.6. The molecule has 1 aliphatic carbocycles. The fourth-order valence-corrected chi connectivity index (χ4v) is 10.6. The van der Waals surface area contributed by atoms with E-state index in [1.165, 1.54) is 68.2 Å². The first-order chi connectivity index (χ1) is 40.7. The number of hydrogen-bond donors (Lipinski definition) is 14. The molecule has 89 heavy (non-hydrogen) atoms. The Kier molecular flexibility index (Phi) is 36.5. The Labute approximate surface area is 537 Å². The van der Waals surface area contributed by atoms with Gasteiger partial charge in [0.25, 0.3) is 0 Å². The summed E-state index contributed by atoms with van der Waals surface area (Å²) in [6, 6.07) is 3.41. The quantitative estimate of drug-likeness (QED) is 0.0171. The van der Waals surface area contributed by atoms with E-state index < -0.39 is 161 Å². The summed E-state index contributed by atoms with van der Waals surface area (Å²) in [6.45, 7) is 15.6. The van der Waals surface area contributed by atoms with Crippen LogP contribution in [-0.2, 0) is 75.4 Å². The number of amides is 8. The molecule has 0 bridgehead atoms. The molecule has 0 aromatic heterocycles. The molecular formula is C60H100N11O17Pt-. The SMILES string of the molecule is CC(C)C[C@H](NC(=O)[C@H](Cc1ccccc1)NC(=O)CNC(=O)C(C)(CC(C)(CC(C)C(=O)NCC(C)O)C(=O)NCC(C)O)CC(C)(CC(C)(C)C(=O)NCC(C)O)C(=O)NCC(C)O)C(=O)NCC([O-])=NC(C(=O)[O-])C(=O)[O-].NC1CCCCC1N.[Pt+2]. The molecule has 0 heterocycles. The van der Waals surface area contributed by atoms with Crippen LogP contribution in [0.4, 0.5) is 0 Å². The van der Waals surface area contributed by atoms with E-state index in [1.807, 2.05) is 0 Å². The van der Waals surface area contributed by atoms with E-state index in [9.17, 15) is 78.9 Å². The van der Waals surface area contributed by atoms with Crippen LogP contribution >= 0.6 is 0 Å². The molecular weight excluding hydrogens is 1340 g/mol. The minimum atomic E-state index is -2.65. The van der Waals surface area contributed by atoms with Crippen molar-refractivity contribution in [2.45, 2.75) is 202 Å². The van der Waals surface area contributed by atoms with E-state index in [0.717, 1.165) is 12.8 Å². The zero-order valence-electron chi connectivity index (χ0n) is 53.6. The van der Waals surface area contributed by atoms with E-state index in [-0.39, 0.29) is 90.9 Å². The number of nitrogens with one attached hydrogen (secondary N) is 8. The van der Waals surface area contributed by atoms with Gasteiger partial charge in [0.2, 0.25) is 47.3 Å². The Bertz CT molecular complexity index is 2480. The van der Waals surface area contributed by atoms with E-state index in [1.54, 1.807) is 58.0 Å². The Morgan fingerprint density at radius 3 is 1.45 bits per heavy atom. The van der Waals surface area contributed by atoms with Crippen molar-refractivity contribution >= 4 is 65.1 Å². The molecule has 1 aromatic rings. The van der Waals surface area contributed by atoms with Crippen LogP contribution in [0.15, 0.2) is 35.3 Å². The van der Waals surface area contributed by atoms with Crippen LogP contribution < -0.4 is 69.3 Å². The molecule has 508 valence electrons. The monoisotopic (exact) mass is 1440 g/mol. The maximum Gasteiger partial charge on any atom is 2.00 e. The number of nitrogens with two attached hydrogens (primary N) is 2. The van der Waals surface area contributed by atoms with E-state index >= 15 is 4.79 Å². The van der Waals surface area contributed by atoms with E-state index in [2.05, 4.69) is 47.5 Å². The molecule has 1 saturated carbocycles. The molecule has 0 radical (unpaired) electrons. The maximum absolute atomic E-state index is 15.2. The summed E-state index contributed by atoms with van der Waals surface area (Å²) in [5, 5.41) is 95.4. The van der Waals surface area contributed by atoms with Gasteiger partial charge in [0.1, 0.15) is 18.1 Å². The number of carboxylic acid groups (broad SMARTS) is 2. The van der Waals surface area contributed by atoms with Gasteiger partial charge < -0.3 is 99.3 Å². The van der Waals surface area contributed by atoms with Gasteiger partial charge in [-0.3, -0.25) is 43.3 Å². The number of benzene rings is 1. The molecule has 1 fully saturated rings.